The Kier molecular flexibility index (Phi) is 5.88. The van der Waals surface area contributed by atoms with E-state index in [2.05, 4.69) is 17.6 Å². The summed E-state index contributed by atoms with van der Waals surface area (Å²) in [4.78, 5) is 12.4. The number of piperidine rings is 1. The number of halogens is 1. The molecule has 3 atom stereocenters. The SMILES string of the molecule is CCC(Oc1ccccc1Cl)C(=O)NC1CNCCC1C. The van der Waals surface area contributed by atoms with E-state index in [1.807, 2.05) is 19.1 Å². The molecule has 0 spiro atoms. The lowest BCUT2D eigenvalue weighted by molar-refractivity contribution is -0.129. The molecule has 1 aromatic carbocycles. The van der Waals surface area contributed by atoms with Gasteiger partial charge in [0.15, 0.2) is 6.10 Å². The molecule has 1 saturated heterocycles. The van der Waals surface area contributed by atoms with E-state index in [4.69, 9.17) is 16.3 Å². The Bertz CT molecular complexity index is 481. The maximum Gasteiger partial charge on any atom is 0.261 e. The highest BCUT2D eigenvalue weighted by Gasteiger charge is 2.26. The molecule has 0 saturated carbocycles. The van der Waals surface area contributed by atoms with Crippen LogP contribution in [0.5, 0.6) is 5.75 Å². The fourth-order valence-corrected chi connectivity index (χ4v) is 2.65. The van der Waals surface area contributed by atoms with Crippen molar-refractivity contribution in [2.75, 3.05) is 13.1 Å². The molecule has 1 aliphatic rings. The molecule has 1 aliphatic heterocycles. The zero-order valence-electron chi connectivity index (χ0n) is 12.6. The first-order valence-corrected chi connectivity index (χ1v) is 7.92. The summed E-state index contributed by atoms with van der Waals surface area (Å²) >= 11 is 6.08. The molecule has 116 valence electrons. The third kappa shape index (κ3) is 4.35. The lowest BCUT2D eigenvalue weighted by atomic mass is 9.94. The molecule has 2 N–H and O–H groups in total. The van der Waals surface area contributed by atoms with Gasteiger partial charge in [-0.15, -0.1) is 0 Å². The van der Waals surface area contributed by atoms with Crippen LogP contribution in [0.25, 0.3) is 0 Å². The Labute approximate surface area is 131 Å². The van der Waals surface area contributed by atoms with Crippen molar-refractivity contribution in [2.24, 2.45) is 5.92 Å². The van der Waals surface area contributed by atoms with Crippen molar-refractivity contribution in [2.45, 2.75) is 38.8 Å². The minimum atomic E-state index is -0.515. The van der Waals surface area contributed by atoms with Crippen molar-refractivity contribution in [3.8, 4) is 5.75 Å². The molecular formula is C16H23ClN2O2. The van der Waals surface area contributed by atoms with Gasteiger partial charge in [-0.2, -0.15) is 0 Å². The molecule has 0 aromatic heterocycles. The molecule has 1 amide bonds. The number of nitrogens with one attached hydrogen (secondary N) is 2. The van der Waals surface area contributed by atoms with Crippen molar-refractivity contribution in [1.82, 2.24) is 10.6 Å². The standard InChI is InChI=1S/C16H23ClN2O2/c1-3-14(21-15-7-5-4-6-12(15)17)16(20)19-13-10-18-9-8-11(13)2/h4-7,11,13-14,18H,3,8-10H2,1-2H3,(H,19,20). The molecule has 21 heavy (non-hydrogen) atoms. The van der Waals surface area contributed by atoms with Crippen LogP contribution in [0, 0.1) is 5.92 Å². The molecular weight excluding hydrogens is 288 g/mol. The third-order valence-corrected chi connectivity index (χ3v) is 4.24. The topological polar surface area (TPSA) is 50.4 Å². The van der Waals surface area contributed by atoms with Gasteiger partial charge in [-0.05, 0) is 37.4 Å². The first-order valence-electron chi connectivity index (χ1n) is 7.54. The van der Waals surface area contributed by atoms with Gasteiger partial charge in [0.1, 0.15) is 5.75 Å². The minimum Gasteiger partial charge on any atom is -0.479 e. The maximum atomic E-state index is 12.4. The molecule has 3 unspecified atom stereocenters. The van der Waals surface area contributed by atoms with E-state index in [9.17, 15) is 4.79 Å². The van der Waals surface area contributed by atoms with Gasteiger partial charge in [0, 0.05) is 12.6 Å². The van der Waals surface area contributed by atoms with E-state index < -0.39 is 6.10 Å². The second-order valence-electron chi connectivity index (χ2n) is 5.53. The summed E-state index contributed by atoms with van der Waals surface area (Å²) in [6, 6.07) is 7.39. The summed E-state index contributed by atoms with van der Waals surface area (Å²) in [5.74, 6) is 0.960. The van der Waals surface area contributed by atoms with Gasteiger partial charge in [0.25, 0.3) is 5.91 Å². The van der Waals surface area contributed by atoms with Crippen LogP contribution in [0.2, 0.25) is 5.02 Å². The second kappa shape index (κ2) is 7.66. The number of amides is 1. The lowest BCUT2D eigenvalue weighted by Crippen LogP contribution is -2.53. The number of para-hydroxylation sites is 1. The molecule has 1 heterocycles. The third-order valence-electron chi connectivity index (χ3n) is 3.92. The van der Waals surface area contributed by atoms with Crippen LogP contribution in [0.4, 0.5) is 0 Å². The smallest absolute Gasteiger partial charge is 0.261 e. The van der Waals surface area contributed by atoms with Crippen molar-refractivity contribution < 1.29 is 9.53 Å². The normalized spacial score (nSPS) is 23.4. The summed E-state index contributed by atoms with van der Waals surface area (Å²) in [5.41, 5.74) is 0. The van der Waals surface area contributed by atoms with Gasteiger partial charge < -0.3 is 15.4 Å². The van der Waals surface area contributed by atoms with Gasteiger partial charge in [-0.1, -0.05) is 37.6 Å². The summed E-state index contributed by atoms with van der Waals surface area (Å²) < 4.78 is 5.77. The van der Waals surface area contributed by atoms with Gasteiger partial charge >= 0.3 is 0 Å². The monoisotopic (exact) mass is 310 g/mol. The van der Waals surface area contributed by atoms with Crippen LogP contribution in [0.3, 0.4) is 0 Å². The molecule has 5 heteroatoms. The van der Waals surface area contributed by atoms with Crippen LogP contribution in [-0.2, 0) is 4.79 Å². The summed E-state index contributed by atoms with van der Waals surface area (Å²) in [6.07, 6.45) is 1.16. The van der Waals surface area contributed by atoms with E-state index >= 15 is 0 Å². The predicted molar refractivity (Wildman–Crippen MR) is 84.7 cm³/mol. The fraction of sp³-hybridized carbons (Fsp3) is 0.562. The fourth-order valence-electron chi connectivity index (χ4n) is 2.47. The second-order valence-corrected chi connectivity index (χ2v) is 5.94. The Hall–Kier alpha value is -1.26. The number of ether oxygens (including phenoxy) is 1. The largest absolute Gasteiger partial charge is 0.479 e. The Morgan fingerprint density at radius 1 is 1.52 bits per heavy atom. The van der Waals surface area contributed by atoms with E-state index in [1.165, 1.54) is 0 Å². The van der Waals surface area contributed by atoms with Gasteiger partial charge in [0.05, 0.1) is 5.02 Å². The van der Waals surface area contributed by atoms with Crippen LogP contribution in [0.1, 0.15) is 26.7 Å². The highest BCUT2D eigenvalue weighted by molar-refractivity contribution is 6.32. The molecule has 4 nitrogen and oxygen atoms in total. The first kappa shape index (κ1) is 16.1. The molecule has 0 radical (unpaired) electrons. The average Bonchev–Trinajstić information content (AvgIpc) is 2.48. The van der Waals surface area contributed by atoms with Crippen LogP contribution >= 0.6 is 11.6 Å². The van der Waals surface area contributed by atoms with Crippen molar-refractivity contribution >= 4 is 17.5 Å². The summed E-state index contributed by atoms with van der Waals surface area (Å²) in [7, 11) is 0. The number of carbonyl (C=O) groups is 1. The lowest BCUT2D eigenvalue weighted by Gasteiger charge is -2.31. The average molecular weight is 311 g/mol. The Morgan fingerprint density at radius 3 is 2.95 bits per heavy atom. The first-order chi connectivity index (χ1) is 10.1. The maximum absolute atomic E-state index is 12.4. The highest BCUT2D eigenvalue weighted by Crippen LogP contribution is 2.25. The molecule has 1 aromatic rings. The van der Waals surface area contributed by atoms with Crippen LogP contribution in [-0.4, -0.2) is 31.1 Å². The van der Waals surface area contributed by atoms with E-state index in [-0.39, 0.29) is 11.9 Å². The Morgan fingerprint density at radius 2 is 2.29 bits per heavy atom. The quantitative estimate of drug-likeness (QED) is 0.879. The summed E-state index contributed by atoms with van der Waals surface area (Å²) in [5, 5.41) is 6.92. The summed E-state index contributed by atoms with van der Waals surface area (Å²) in [6.45, 7) is 5.93. The van der Waals surface area contributed by atoms with Crippen molar-refractivity contribution in [3.63, 3.8) is 0 Å². The molecule has 2 rings (SSSR count). The van der Waals surface area contributed by atoms with Crippen molar-refractivity contribution in [3.05, 3.63) is 29.3 Å². The van der Waals surface area contributed by atoms with Crippen molar-refractivity contribution in [1.29, 1.82) is 0 Å². The van der Waals surface area contributed by atoms with Gasteiger partial charge in [0.2, 0.25) is 0 Å². The van der Waals surface area contributed by atoms with E-state index in [1.54, 1.807) is 12.1 Å². The van der Waals surface area contributed by atoms with E-state index in [0.717, 1.165) is 19.5 Å². The number of benzene rings is 1. The van der Waals surface area contributed by atoms with Gasteiger partial charge in [-0.3, -0.25) is 4.79 Å². The predicted octanol–water partition coefficient (Wildman–Crippen LogP) is 2.61. The Balaban J connectivity index is 1.97. The molecule has 1 fully saturated rings. The van der Waals surface area contributed by atoms with Crippen LogP contribution < -0.4 is 15.4 Å². The molecule has 0 bridgehead atoms. The zero-order valence-corrected chi connectivity index (χ0v) is 13.3. The molecule has 0 aliphatic carbocycles. The van der Waals surface area contributed by atoms with Crippen LogP contribution in [0.15, 0.2) is 24.3 Å². The minimum absolute atomic E-state index is 0.0713. The zero-order chi connectivity index (χ0) is 15.2. The van der Waals surface area contributed by atoms with Gasteiger partial charge in [-0.25, -0.2) is 0 Å². The highest BCUT2D eigenvalue weighted by atomic mass is 35.5. The number of hydrogen-bond acceptors (Lipinski definition) is 3. The number of rotatable bonds is 5. The number of carbonyl (C=O) groups excluding carboxylic acids is 1. The number of hydrogen-bond donors (Lipinski definition) is 2. The van der Waals surface area contributed by atoms with E-state index in [0.29, 0.717) is 23.1 Å².